The van der Waals surface area contributed by atoms with E-state index < -0.39 is 0 Å². The minimum Gasteiger partial charge on any atom is -0.361 e. The molecule has 134 valence electrons. The van der Waals surface area contributed by atoms with E-state index in [1.165, 1.54) is 10.9 Å². The smallest absolute Gasteiger partial charge is 0.254 e. The topological polar surface area (TPSA) is 77.7 Å². The van der Waals surface area contributed by atoms with Gasteiger partial charge in [0.05, 0.1) is 5.69 Å². The zero-order chi connectivity index (χ0) is 18.2. The molecule has 5 rings (SSSR count). The van der Waals surface area contributed by atoms with Gasteiger partial charge >= 0.3 is 0 Å². The quantitative estimate of drug-likeness (QED) is 0.591. The predicted octanol–water partition coefficient (Wildman–Crippen LogP) is 2.87. The fraction of sp³-hybridized carbons (Fsp3) is 0.190. The molecule has 6 nitrogen and oxygen atoms in total. The lowest BCUT2D eigenvalue weighted by molar-refractivity contribution is 0.240. The molecule has 1 aliphatic heterocycles. The van der Waals surface area contributed by atoms with Gasteiger partial charge in [0.25, 0.3) is 5.56 Å². The summed E-state index contributed by atoms with van der Waals surface area (Å²) in [4.78, 5) is 30.0. The van der Waals surface area contributed by atoms with Gasteiger partial charge in [-0.15, -0.1) is 0 Å². The first-order valence-electron chi connectivity index (χ1n) is 9.08. The number of nitrogens with zero attached hydrogens (tertiary/aromatic N) is 3. The molecule has 0 fully saturated rings. The van der Waals surface area contributed by atoms with Crippen LogP contribution in [-0.4, -0.2) is 31.4 Å². The summed E-state index contributed by atoms with van der Waals surface area (Å²) in [5.41, 5.74) is 4.71. The van der Waals surface area contributed by atoms with Gasteiger partial charge < -0.3 is 9.97 Å². The number of nitrogens with one attached hydrogen (secondary N) is 2. The molecule has 0 amide bonds. The third-order valence-electron chi connectivity index (χ3n) is 5.08. The van der Waals surface area contributed by atoms with Crippen molar-refractivity contribution in [3.63, 3.8) is 0 Å². The van der Waals surface area contributed by atoms with Crippen LogP contribution in [0, 0.1) is 0 Å². The lowest BCUT2D eigenvalue weighted by Gasteiger charge is -2.27. The molecule has 1 aliphatic rings. The van der Waals surface area contributed by atoms with E-state index in [0.29, 0.717) is 24.5 Å². The maximum Gasteiger partial charge on any atom is 0.254 e. The number of H-pyrrole nitrogens is 2. The molecule has 3 aromatic heterocycles. The number of hydrogen-bond acceptors (Lipinski definition) is 4. The zero-order valence-electron chi connectivity index (χ0n) is 14.8. The molecular weight excluding hydrogens is 338 g/mol. The normalized spacial score (nSPS) is 14.4. The van der Waals surface area contributed by atoms with Crippen LogP contribution in [0.4, 0.5) is 0 Å². The second-order valence-electron chi connectivity index (χ2n) is 6.91. The number of hydrogen-bond donors (Lipinski definition) is 2. The van der Waals surface area contributed by atoms with E-state index in [0.717, 1.165) is 29.9 Å². The molecule has 0 atom stereocenters. The molecule has 0 unspecified atom stereocenters. The van der Waals surface area contributed by atoms with Gasteiger partial charge in [0.2, 0.25) is 0 Å². The molecular formula is C21H19N5O. The first-order valence-corrected chi connectivity index (χ1v) is 9.08. The van der Waals surface area contributed by atoms with E-state index in [9.17, 15) is 4.79 Å². The molecule has 4 aromatic rings. The molecule has 4 heterocycles. The van der Waals surface area contributed by atoms with Crippen LogP contribution in [0.3, 0.4) is 0 Å². The third-order valence-corrected chi connectivity index (χ3v) is 5.08. The van der Waals surface area contributed by atoms with Gasteiger partial charge in [-0.3, -0.25) is 14.7 Å². The Hall–Kier alpha value is -3.25. The summed E-state index contributed by atoms with van der Waals surface area (Å²) in [6.07, 6.45) is 4.38. The Labute approximate surface area is 155 Å². The van der Waals surface area contributed by atoms with Gasteiger partial charge in [-0.05, 0) is 47.7 Å². The van der Waals surface area contributed by atoms with E-state index in [1.807, 2.05) is 24.4 Å². The van der Waals surface area contributed by atoms with Crippen molar-refractivity contribution in [2.75, 3.05) is 6.54 Å². The summed E-state index contributed by atoms with van der Waals surface area (Å²) in [6.45, 7) is 2.37. The molecule has 0 saturated heterocycles. The van der Waals surface area contributed by atoms with Crippen molar-refractivity contribution in [1.29, 1.82) is 0 Å². The number of fused-ring (bicyclic) bond motifs is 2. The van der Waals surface area contributed by atoms with Gasteiger partial charge in [0.15, 0.2) is 5.82 Å². The molecule has 0 bridgehead atoms. The fourth-order valence-corrected chi connectivity index (χ4v) is 3.71. The highest BCUT2D eigenvalue weighted by Crippen LogP contribution is 2.21. The van der Waals surface area contributed by atoms with Gasteiger partial charge in [-0.2, -0.15) is 0 Å². The Balaban J connectivity index is 1.42. The van der Waals surface area contributed by atoms with Crippen LogP contribution in [0.5, 0.6) is 0 Å². The van der Waals surface area contributed by atoms with E-state index in [2.05, 4.69) is 44.1 Å². The Morgan fingerprint density at radius 1 is 1.15 bits per heavy atom. The van der Waals surface area contributed by atoms with Crippen LogP contribution in [0.1, 0.15) is 16.8 Å². The van der Waals surface area contributed by atoms with Crippen molar-refractivity contribution in [1.82, 2.24) is 24.8 Å². The number of aromatic amines is 2. The van der Waals surface area contributed by atoms with Crippen LogP contribution in [0.15, 0.2) is 59.7 Å². The van der Waals surface area contributed by atoms with Crippen molar-refractivity contribution in [3.8, 4) is 11.5 Å². The molecule has 2 N–H and O–H groups in total. The maximum absolute atomic E-state index is 12.5. The van der Waals surface area contributed by atoms with Crippen molar-refractivity contribution in [2.24, 2.45) is 0 Å². The van der Waals surface area contributed by atoms with Crippen LogP contribution >= 0.6 is 0 Å². The number of rotatable bonds is 3. The van der Waals surface area contributed by atoms with Crippen molar-refractivity contribution >= 4 is 10.9 Å². The van der Waals surface area contributed by atoms with Gasteiger partial charge in [-0.25, -0.2) is 4.98 Å². The summed E-state index contributed by atoms with van der Waals surface area (Å²) in [7, 11) is 0. The Morgan fingerprint density at radius 2 is 2.11 bits per heavy atom. The average molecular weight is 357 g/mol. The number of pyridine rings is 1. The van der Waals surface area contributed by atoms with E-state index in [1.54, 1.807) is 6.20 Å². The highest BCUT2D eigenvalue weighted by Gasteiger charge is 2.21. The van der Waals surface area contributed by atoms with E-state index >= 15 is 0 Å². The second kappa shape index (κ2) is 6.48. The molecule has 0 spiro atoms. The maximum atomic E-state index is 12.5. The molecule has 6 heteroatoms. The molecule has 27 heavy (non-hydrogen) atoms. The van der Waals surface area contributed by atoms with Crippen molar-refractivity contribution in [3.05, 3.63) is 82.0 Å². The highest BCUT2D eigenvalue weighted by molar-refractivity contribution is 5.79. The Bertz CT molecular complexity index is 1160. The fourth-order valence-electron chi connectivity index (χ4n) is 3.71. The van der Waals surface area contributed by atoms with E-state index in [4.69, 9.17) is 4.98 Å². The average Bonchev–Trinajstić information content (AvgIpc) is 3.16. The molecule has 0 saturated carbocycles. The SMILES string of the molecule is O=c1[nH]c(-c2ccccn2)nc2c1CCN(Cc1ccc3[nH]ccc3c1)C2. The van der Waals surface area contributed by atoms with Crippen LogP contribution < -0.4 is 5.56 Å². The summed E-state index contributed by atoms with van der Waals surface area (Å²) < 4.78 is 0. The Morgan fingerprint density at radius 3 is 3.00 bits per heavy atom. The zero-order valence-corrected chi connectivity index (χ0v) is 14.8. The Kier molecular flexibility index (Phi) is 3.83. The predicted molar refractivity (Wildman–Crippen MR) is 104 cm³/mol. The summed E-state index contributed by atoms with van der Waals surface area (Å²) in [5.74, 6) is 0.537. The van der Waals surface area contributed by atoms with Gasteiger partial charge in [0, 0.05) is 43.1 Å². The largest absolute Gasteiger partial charge is 0.361 e. The third kappa shape index (κ3) is 3.04. The minimum atomic E-state index is -0.0472. The highest BCUT2D eigenvalue weighted by atomic mass is 16.1. The second-order valence-corrected chi connectivity index (χ2v) is 6.91. The molecule has 1 aromatic carbocycles. The van der Waals surface area contributed by atoms with Gasteiger partial charge in [0.1, 0.15) is 5.69 Å². The first-order chi connectivity index (χ1) is 13.3. The summed E-state index contributed by atoms with van der Waals surface area (Å²) in [5, 5.41) is 1.22. The van der Waals surface area contributed by atoms with Crippen LogP contribution in [0.25, 0.3) is 22.4 Å². The van der Waals surface area contributed by atoms with Crippen molar-refractivity contribution in [2.45, 2.75) is 19.5 Å². The van der Waals surface area contributed by atoms with Gasteiger partial charge in [-0.1, -0.05) is 12.1 Å². The minimum absolute atomic E-state index is 0.0472. The standard InChI is InChI=1S/C21H19N5O/c27-21-16-7-10-26(12-14-4-5-17-15(11-14)6-9-23-17)13-19(16)24-20(25-21)18-3-1-2-8-22-18/h1-6,8-9,11,23H,7,10,12-13H2,(H,24,25,27). The van der Waals surface area contributed by atoms with Crippen LogP contribution in [0.2, 0.25) is 0 Å². The summed E-state index contributed by atoms with van der Waals surface area (Å²) in [6, 6.07) is 14.2. The molecule has 0 aliphatic carbocycles. The lowest BCUT2D eigenvalue weighted by atomic mass is 10.0. The van der Waals surface area contributed by atoms with Crippen LogP contribution in [-0.2, 0) is 19.5 Å². The number of benzene rings is 1. The molecule has 0 radical (unpaired) electrons. The van der Waals surface area contributed by atoms with E-state index in [-0.39, 0.29) is 5.56 Å². The summed E-state index contributed by atoms with van der Waals surface area (Å²) >= 11 is 0. The first kappa shape index (κ1) is 16.0. The van der Waals surface area contributed by atoms with Crippen molar-refractivity contribution < 1.29 is 0 Å². The number of aromatic nitrogens is 4. The monoisotopic (exact) mass is 357 g/mol. The lowest BCUT2D eigenvalue weighted by Crippen LogP contribution is -2.35.